The fourth-order valence-corrected chi connectivity index (χ4v) is 5.21. The van der Waals surface area contributed by atoms with Gasteiger partial charge in [0.25, 0.3) is 0 Å². The summed E-state index contributed by atoms with van der Waals surface area (Å²) >= 11 is 1.76. The first-order valence-electron chi connectivity index (χ1n) is 9.83. The number of aromatic hydroxyl groups is 1. The Labute approximate surface area is 178 Å². The van der Waals surface area contributed by atoms with E-state index in [0.29, 0.717) is 16.9 Å². The van der Waals surface area contributed by atoms with Crippen LogP contribution in [0.4, 0.5) is 0 Å². The van der Waals surface area contributed by atoms with Crippen LogP contribution < -0.4 is 0 Å². The Morgan fingerprint density at radius 3 is 2.63 bits per heavy atom. The molecule has 5 rings (SSSR count). The van der Waals surface area contributed by atoms with Crippen molar-refractivity contribution in [3.63, 3.8) is 0 Å². The largest absolute Gasteiger partial charge is 0.507 e. The topological polar surface area (TPSA) is 59.2 Å². The normalized spacial score (nSPS) is 12.3. The average Bonchev–Trinajstić information content (AvgIpc) is 3.29. The predicted molar refractivity (Wildman–Crippen MR) is 125 cm³/mol. The van der Waals surface area contributed by atoms with Crippen LogP contribution in [0.25, 0.3) is 49.0 Å². The number of rotatable bonds is 2. The zero-order chi connectivity index (χ0) is 21.2. The predicted octanol–water partition coefficient (Wildman–Crippen LogP) is 7.29. The molecule has 3 aromatic heterocycles. The maximum absolute atomic E-state index is 10.5. The number of hydrogen-bond donors (Lipinski definition) is 1. The van der Waals surface area contributed by atoms with Crippen LogP contribution in [-0.4, -0.2) is 15.1 Å². The van der Waals surface area contributed by atoms with Crippen LogP contribution in [0.5, 0.6) is 5.75 Å². The molecule has 5 heteroatoms. The molecule has 0 radical (unpaired) electrons. The molecule has 0 amide bonds. The molecule has 0 spiro atoms. The Kier molecular flexibility index (Phi) is 4.02. The Hall–Kier alpha value is -3.18. The van der Waals surface area contributed by atoms with E-state index in [1.807, 2.05) is 6.92 Å². The highest BCUT2D eigenvalue weighted by Crippen LogP contribution is 2.43. The number of hydrogen-bond acceptors (Lipinski definition) is 5. The van der Waals surface area contributed by atoms with Gasteiger partial charge < -0.3 is 9.52 Å². The van der Waals surface area contributed by atoms with E-state index in [4.69, 9.17) is 4.42 Å². The molecule has 3 heterocycles. The van der Waals surface area contributed by atoms with Crippen molar-refractivity contribution in [1.29, 1.82) is 0 Å². The first kappa shape index (κ1) is 18.8. The lowest BCUT2D eigenvalue weighted by atomic mass is 9.84. The second kappa shape index (κ2) is 6.41. The van der Waals surface area contributed by atoms with Gasteiger partial charge in [0, 0.05) is 21.2 Å². The highest BCUT2D eigenvalue weighted by molar-refractivity contribution is 7.17. The van der Waals surface area contributed by atoms with E-state index in [1.165, 1.54) is 22.0 Å². The van der Waals surface area contributed by atoms with Crippen molar-refractivity contribution in [1.82, 2.24) is 9.97 Å². The zero-order valence-corrected chi connectivity index (χ0v) is 18.2. The number of allylic oxidation sites excluding steroid dienone is 1. The molecule has 4 nitrogen and oxygen atoms in total. The third-order valence-electron chi connectivity index (χ3n) is 5.47. The van der Waals surface area contributed by atoms with E-state index in [9.17, 15) is 5.11 Å². The van der Waals surface area contributed by atoms with Crippen molar-refractivity contribution in [3.05, 3.63) is 59.7 Å². The van der Waals surface area contributed by atoms with Gasteiger partial charge in [0.1, 0.15) is 17.7 Å². The van der Waals surface area contributed by atoms with E-state index in [0.717, 1.165) is 27.6 Å². The monoisotopic (exact) mass is 414 g/mol. The second-order valence-electron chi connectivity index (χ2n) is 8.73. The van der Waals surface area contributed by atoms with Crippen molar-refractivity contribution < 1.29 is 9.52 Å². The minimum atomic E-state index is -0.00907. The van der Waals surface area contributed by atoms with Crippen LogP contribution >= 0.6 is 11.3 Å². The van der Waals surface area contributed by atoms with Crippen LogP contribution in [-0.2, 0) is 5.41 Å². The third kappa shape index (κ3) is 2.73. The summed E-state index contributed by atoms with van der Waals surface area (Å²) < 4.78 is 7.33. The lowest BCUT2D eigenvalue weighted by molar-refractivity contribution is 0.474. The summed E-state index contributed by atoms with van der Waals surface area (Å²) in [6.45, 7) is 12.6. The van der Waals surface area contributed by atoms with E-state index >= 15 is 0 Å². The summed E-state index contributed by atoms with van der Waals surface area (Å²) in [6.07, 6.45) is 1.54. The van der Waals surface area contributed by atoms with Gasteiger partial charge in [-0.3, -0.25) is 0 Å². The van der Waals surface area contributed by atoms with Crippen LogP contribution in [0.2, 0.25) is 0 Å². The van der Waals surface area contributed by atoms with Crippen molar-refractivity contribution in [2.45, 2.75) is 33.1 Å². The number of benzene rings is 2. The second-order valence-corrected chi connectivity index (χ2v) is 9.65. The van der Waals surface area contributed by atoms with Gasteiger partial charge in [-0.2, -0.15) is 0 Å². The van der Waals surface area contributed by atoms with E-state index in [1.54, 1.807) is 23.5 Å². The zero-order valence-electron chi connectivity index (χ0n) is 17.4. The van der Waals surface area contributed by atoms with Crippen LogP contribution in [0.15, 0.2) is 53.0 Å². The molecule has 0 aliphatic heterocycles. The quantitative estimate of drug-likeness (QED) is 0.329. The molecular formula is C25H22N2O2S. The van der Waals surface area contributed by atoms with Crippen molar-refractivity contribution >= 4 is 49.1 Å². The molecule has 0 unspecified atom stereocenters. The third-order valence-corrected chi connectivity index (χ3v) is 6.44. The van der Waals surface area contributed by atoms with Crippen LogP contribution in [0.3, 0.4) is 0 Å². The van der Waals surface area contributed by atoms with Gasteiger partial charge in [0.2, 0.25) is 5.71 Å². The van der Waals surface area contributed by atoms with Crippen molar-refractivity contribution in [3.8, 4) is 17.0 Å². The van der Waals surface area contributed by atoms with E-state index in [2.05, 4.69) is 60.9 Å². The highest BCUT2D eigenvalue weighted by Gasteiger charge is 2.23. The minimum Gasteiger partial charge on any atom is -0.507 e. The number of phenolic OH excluding ortho intramolecular Hbond substituents is 1. The number of furan rings is 1. The molecular weight excluding hydrogens is 392 g/mol. The van der Waals surface area contributed by atoms with Gasteiger partial charge >= 0.3 is 0 Å². The molecule has 0 saturated carbocycles. The van der Waals surface area contributed by atoms with Crippen LogP contribution in [0.1, 0.15) is 38.8 Å². The van der Waals surface area contributed by atoms with Crippen molar-refractivity contribution in [2.75, 3.05) is 0 Å². The highest BCUT2D eigenvalue weighted by atomic mass is 32.1. The van der Waals surface area contributed by atoms with Gasteiger partial charge in [-0.05, 0) is 64.6 Å². The van der Waals surface area contributed by atoms with Crippen LogP contribution in [0, 0.1) is 0 Å². The van der Waals surface area contributed by atoms with Gasteiger partial charge in [-0.15, -0.1) is 11.3 Å². The smallest absolute Gasteiger partial charge is 0.231 e. The molecule has 0 atom stereocenters. The first-order chi connectivity index (χ1) is 14.3. The Balaban J connectivity index is 1.93. The summed E-state index contributed by atoms with van der Waals surface area (Å²) in [5.74, 6) is 0.177. The Morgan fingerprint density at radius 2 is 1.90 bits per heavy atom. The van der Waals surface area contributed by atoms with Gasteiger partial charge in [0.15, 0.2) is 0 Å². The number of fused-ring (bicyclic) bond motifs is 4. The molecule has 0 saturated heterocycles. The molecule has 1 N–H and O–H groups in total. The maximum atomic E-state index is 10.5. The van der Waals surface area contributed by atoms with E-state index in [-0.39, 0.29) is 11.2 Å². The Bertz CT molecular complexity index is 1470. The summed E-state index contributed by atoms with van der Waals surface area (Å²) in [6, 6.07) is 9.95. The van der Waals surface area contributed by atoms with E-state index < -0.39 is 0 Å². The summed E-state index contributed by atoms with van der Waals surface area (Å²) in [5.41, 5.74) is 5.69. The molecule has 2 aromatic carbocycles. The first-order valence-corrected chi connectivity index (χ1v) is 10.7. The average molecular weight is 415 g/mol. The molecule has 30 heavy (non-hydrogen) atoms. The number of phenols is 1. The standard InChI is InChI=1S/C25H22N2O2S/c1-13(2)19-17(28)6-7-18-20(19)21-22(26-12-27-24(21)29-18)15-10-14-8-9-30-23(14)16(11-15)25(3,4)5/h6-12,28H,1H2,2-5H3. The summed E-state index contributed by atoms with van der Waals surface area (Å²) in [4.78, 5) is 9.04. The fourth-order valence-electron chi connectivity index (χ4n) is 4.11. The lowest BCUT2D eigenvalue weighted by Gasteiger charge is -2.21. The maximum Gasteiger partial charge on any atom is 0.231 e. The summed E-state index contributed by atoms with van der Waals surface area (Å²) in [5, 5.41) is 15.5. The number of aromatic nitrogens is 2. The van der Waals surface area contributed by atoms with Crippen molar-refractivity contribution in [2.24, 2.45) is 0 Å². The molecule has 0 aliphatic rings. The number of nitrogens with zero attached hydrogens (tertiary/aromatic N) is 2. The van der Waals surface area contributed by atoms with Gasteiger partial charge in [0.05, 0.1) is 11.1 Å². The molecule has 0 aliphatic carbocycles. The molecule has 0 bridgehead atoms. The van der Waals surface area contributed by atoms with Gasteiger partial charge in [-0.25, -0.2) is 9.97 Å². The minimum absolute atomic E-state index is 0.00907. The van der Waals surface area contributed by atoms with Gasteiger partial charge in [-0.1, -0.05) is 27.4 Å². The Morgan fingerprint density at radius 1 is 1.10 bits per heavy atom. The number of thiophene rings is 1. The SMILES string of the molecule is C=C(C)c1c(O)ccc2oc3ncnc(-c4cc(C(C)(C)C)c5sccc5c4)c3c12. The summed E-state index contributed by atoms with van der Waals surface area (Å²) in [7, 11) is 0. The molecule has 5 aromatic rings. The molecule has 0 fully saturated rings. The fraction of sp³-hybridized carbons (Fsp3) is 0.200. The molecule has 150 valence electrons. The lowest BCUT2D eigenvalue weighted by Crippen LogP contribution is -2.11.